The summed E-state index contributed by atoms with van der Waals surface area (Å²) in [5.74, 6) is -4.64. The van der Waals surface area contributed by atoms with Crippen molar-refractivity contribution in [3.63, 3.8) is 0 Å². The number of rotatable bonds is 7. The molecule has 10 heteroatoms. The van der Waals surface area contributed by atoms with Crippen molar-refractivity contribution in [1.82, 2.24) is 5.32 Å². The summed E-state index contributed by atoms with van der Waals surface area (Å²) < 4.78 is -0.555. The lowest BCUT2D eigenvalue weighted by molar-refractivity contribution is -0.142. The highest BCUT2D eigenvalue weighted by Crippen LogP contribution is 2.53. The van der Waals surface area contributed by atoms with Gasteiger partial charge in [0.05, 0.1) is 8.98 Å². The van der Waals surface area contributed by atoms with Crippen LogP contribution < -0.4 is 5.32 Å². The summed E-state index contributed by atoms with van der Waals surface area (Å²) in [7, 11) is 0. The van der Waals surface area contributed by atoms with E-state index in [0.717, 1.165) is 23.5 Å². The molecule has 0 unspecified atom stereocenters. The molecule has 8 nitrogen and oxygen atoms in total. The van der Waals surface area contributed by atoms with Gasteiger partial charge in [0.1, 0.15) is 10.9 Å². The molecular formula is C12H15NO7S2. The summed E-state index contributed by atoms with van der Waals surface area (Å²) in [5.41, 5.74) is 0. The van der Waals surface area contributed by atoms with E-state index in [1.165, 1.54) is 0 Å². The minimum Gasteiger partial charge on any atom is -0.481 e. The van der Waals surface area contributed by atoms with Gasteiger partial charge in [0.25, 0.3) is 5.91 Å². The molecule has 0 saturated carbocycles. The molecule has 0 fully saturated rings. The smallest absolute Gasteiger partial charge is 0.343 e. The molecule has 0 radical (unpaired) electrons. The van der Waals surface area contributed by atoms with Crippen molar-refractivity contribution in [1.29, 1.82) is 0 Å². The first-order chi connectivity index (χ1) is 10.0. The Hall–Kier alpha value is -1.68. The molecule has 0 saturated heterocycles. The molecule has 1 aliphatic heterocycles. The number of carbonyl (C=O) groups is 4. The first kappa shape index (κ1) is 18.4. The second-order valence-corrected chi connectivity index (χ2v) is 8.39. The third kappa shape index (κ3) is 4.95. The fraction of sp³-hybridized carbons (Fsp3) is 0.500. The SMILES string of the molecule is CC1(C)SC(C(=O)O)=C(C(=O)N[C@@H](CCC(=O)O)C(=O)O)S1. The highest BCUT2D eigenvalue weighted by molar-refractivity contribution is 8.25. The van der Waals surface area contributed by atoms with Crippen LogP contribution in [-0.4, -0.2) is 49.3 Å². The first-order valence-corrected chi connectivity index (χ1v) is 7.78. The summed E-state index contributed by atoms with van der Waals surface area (Å²) in [6, 6.07) is -1.39. The van der Waals surface area contributed by atoms with Gasteiger partial charge in [-0.15, -0.1) is 11.8 Å². The van der Waals surface area contributed by atoms with Crippen LogP contribution >= 0.6 is 23.5 Å². The van der Waals surface area contributed by atoms with Crippen LogP contribution in [0.25, 0.3) is 0 Å². The summed E-state index contributed by atoms with van der Waals surface area (Å²) in [5, 5.41) is 28.9. The molecule has 0 aromatic heterocycles. The van der Waals surface area contributed by atoms with E-state index in [1.54, 1.807) is 13.8 Å². The van der Waals surface area contributed by atoms with Crippen molar-refractivity contribution in [2.24, 2.45) is 0 Å². The lowest BCUT2D eigenvalue weighted by Gasteiger charge is -2.16. The monoisotopic (exact) mass is 349 g/mol. The van der Waals surface area contributed by atoms with Crippen molar-refractivity contribution in [2.75, 3.05) is 0 Å². The maximum Gasteiger partial charge on any atom is 0.343 e. The van der Waals surface area contributed by atoms with Gasteiger partial charge in [-0.05, 0) is 20.3 Å². The van der Waals surface area contributed by atoms with Crippen molar-refractivity contribution >= 4 is 47.3 Å². The number of amides is 1. The van der Waals surface area contributed by atoms with Crippen LogP contribution in [-0.2, 0) is 19.2 Å². The zero-order chi connectivity index (χ0) is 17.1. The largest absolute Gasteiger partial charge is 0.481 e. The number of carboxylic acids is 3. The molecule has 1 heterocycles. The number of carbonyl (C=O) groups excluding carboxylic acids is 1. The predicted molar refractivity (Wildman–Crippen MR) is 80.4 cm³/mol. The average Bonchev–Trinajstić information content (AvgIpc) is 2.70. The summed E-state index contributed by atoms with van der Waals surface area (Å²) in [6.07, 6.45) is -0.706. The Balaban J connectivity index is 2.88. The van der Waals surface area contributed by atoms with E-state index in [1.807, 2.05) is 0 Å². The molecule has 0 aliphatic carbocycles. The van der Waals surface area contributed by atoms with E-state index in [9.17, 15) is 19.2 Å². The van der Waals surface area contributed by atoms with Gasteiger partial charge in [-0.25, -0.2) is 9.59 Å². The predicted octanol–water partition coefficient (Wildman–Crippen LogP) is 0.933. The van der Waals surface area contributed by atoms with Crippen LogP contribution in [0.3, 0.4) is 0 Å². The molecule has 1 aliphatic rings. The van der Waals surface area contributed by atoms with Gasteiger partial charge in [0.2, 0.25) is 0 Å². The van der Waals surface area contributed by atoms with Crippen LogP contribution in [0.2, 0.25) is 0 Å². The van der Waals surface area contributed by atoms with Crippen LogP contribution in [0.5, 0.6) is 0 Å². The Bertz CT molecular complexity index is 556. The third-order valence-electron chi connectivity index (χ3n) is 2.55. The van der Waals surface area contributed by atoms with Crippen LogP contribution in [0.1, 0.15) is 26.7 Å². The molecule has 122 valence electrons. The van der Waals surface area contributed by atoms with E-state index >= 15 is 0 Å². The quantitative estimate of drug-likeness (QED) is 0.528. The number of thioether (sulfide) groups is 2. The number of hydrogen-bond acceptors (Lipinski definition) is 6. The number of carboxylic acid groups (broad SMARTS) is 3. The van der Waals surface area contributed by atoms with E-state index in [4.69, 9.17) is 15.3 Å². The second kappa shape index (κ2) is 7.05. The summed E-state index contributed by atoms with van der Waals surface area (Å²) >= 11 is 2.04. The first-order valence-electron chi connectivity index (χ1n) is 6.14. The number of aliphatic carboxylic acids is 3. The van der Waals surface area contributed by atoms with Gasteiger partial charge in [0.15, 0.2) is 0 Å². The van der Waals surface area contributed by atoms with Crippen molar-refractivity contribution < 1.29 is 34.5 Å². The van der Waals surface area contributed by atoms with Gasteiger partial charge >= 0.3 is 17.9 Å². The highest BCUT2D eigenvalue weighted by atomic mass is 32.2. The normalized spacial score (nSPS) is 17.9. The third-order valence-corrected chi connectivity index (χ3v) is 5.34. The maximum absolute atomic E-state index is 12.1. The van der Waals surface area contributed by atoms with Crippen molar-refractivity contribution in [3.05, 3.63) is 9.81 Å². The number of nitrogens with one attached hydrogen (secondary N) is 1. The average molecular weight is 349 g/mol. The van der Waals surface area contributed by atoms with Crippen LogP contribution in [0.4, 0.5) is 0 Å². The zero-order valence-electron chi connectivity index (χ0n) is 11.8. The number of hydrogen-bond donors (Lipinski definition) is 4. The van der Waals surface area contributed by atoms with Gasteiger partial charge < -0.3 is 20.6 Å². The lowest BCUT2D eigenvalue weighted by Crippen LogP contribution is -2.41. The Kier molecular flexibility index (Phi) is 5.89. The molecule has 0 bridgehead atoms. The Morgan fingerprint density at radius 3 is 2.09 bits per heavy atom. The Labute approximate surface area is 134 Å². The molecule has 22 heavy (non-hydrogen) atoms. The van der Waals surface area contributed by atoms with Gasteiger partial charge in [0, 0.05) is 6.42 Å². The molecule has 4 N–H and O–H groups in total. The molecule has 1 amide bonds. The molecule has 0 aromatic carbocycles. The zero-order valence-corrected chi connectivity index (χ0v) is 13.4. The fourth-order valence-corrected chi connectivity index (χ4v) is 4.15. The highest BCUT2D eigenvalue weighted by Gasteiger charge is 2.39. The molecular weight excluding hydrogens is 334 g/mol. The second-order valence-electron chi connectivity index (χ2n) is 4.86. The molecule has 1 rings (SSSR count). The van der Waals surface area contributed by atoms with Gasteiger partial charge in [-0.1, -0.05) is 11.8 Å². The van der Waals surface area contributed by atoms with E-state index in [-0.39, 0.29) is 16.2 Å². The molecule has 1 atom stereocenters. The minimum atomic E-state index is -1.39. The Morgan fingerprint density at radius 2 is 1.64 bits per heavy atom. The van der Waals surface area contributed by atoms with E-state index in [2.05, 4.69) is 5.32 Å². The topological polar surface area (TPSA) is 141 Å². The summed E-state index contributed by atoms with van der Waals surface area (Å²) in [6.45, 7) is 3.48. The minimum absolute atomic E-state index is 0.0657. The fourth-order valence-electron chi connectivity index (χ4n) is 1.64. The maximum atomic E-state index is 12.1. The van der Waals surface area contributed by atoms with Crippen LogP contribution in [0.15, 0.2) is 9.81 Å². The molecule has 0 spiro atoms. The Morgan fingerprint density at radius 1 is 1.09 bits per heavy atom. The van der Waals surface area contributed by atoms with E-state index < -0.39 is 40.4 Å². The van der Waals surface area contributed by atoms with Crippen molar-refractivity contribution in [3.8, 4) is 0 Å². The lowest BCUT2D eigenvalue weighted by atomic mass is 10.1. The van der Waals surface area contributed by atoms with Gasteiger partial charge in [-0.2, -0.15) is 0 Å². The standard InChI is InChI=1S/C12H15NO7S2/c1-12(2)21-7(8(22-12)11(19)20)9(16)13-5(10(17)18)3-4-6(14)15/h5H,3-4H2,1-2H3,(H,13,16)(H,14,15)(H,17,18)(H,19,20)/t5-/m0/s1. The summed E-state index contributed by atoms with van der Waals surface area (Å²) in [4.78, 5) is 44.6. The van der Waals surface area contributed by atoms with E-state index in [0.29, 0.717) is 0 Å². The van der Waals surface area contributed by atoms with Crippen LogP contribution in [0, 0.1) is 0 Å². The van der Waals surface area contributed by atoms with Gasteiger partial charge in [-0.3, -0.25) is 9.59 Å². The molecule has 0 aromatic rings. The van der Waals surface area contributed by atoms with Crippen molar-refractivity contribution in [2.45, 2.75) is 36.8 Å².